The minimum absolute atomic E-state index is 0.712. The summed E-state index contributed by atoms with van der Waals surface area (Å²) < 4.78 is 0. The van der Waals surface area contributed by atoms with E-state index in [1.165, 1.54) is 31.5 Å². The number of hydrogen-bond donors (Lipinski definition) is 0. The fourth-order valence-electron chi connectivity index (χ4n) is 2.33. The molecule has 1 aromatic rings. The smallest absolute Gasteiger partial charge is 0.0368 e. The summed E-state index contributed by atoms with van der Waals surface area (Å²) in [6, 6.07) is 11.5. The van der Waals surface area contributed by atoms with Crippen LogP contribution in [-0.4, -0.2) is 12.6 Å². The van der Waals surface area contributed by atoms with Crippen LogP contribution in [0.4, 0.5) is 5.69 Å². The standard InChI is InChI=1S/C14H19N/c1-2-3-8-13-11-7-12-15(13)14-9-5-4-6-10-14/h2-6,9-10,13H,7-8,11-12H2,1H3/b3-2+. The van der Waals surface area contributed by atoms with Gasteiger partial charge in [-0.05, 0) is 38.3 Å². The first-order valence-corrected chi connectivity index (χ1v) is 5.84. The Morgan fingerprint density at radius 1 is 1.33 bits per heavy atom. The van der Waals surface area contributed by atoms with Crippen molar-refractivity contribution in [3.63, 3.8) is 0 Å². The van der Waals surface area contributed by atoms with Gasteiger partial charge < -0.3 is 4.90 Å². The maximum atomic E-state index is 2.54. The van der Waals surface area contributed by atoms with Crippen LogP contribution in [-0.2, 0) is 0 Å². The third kappa shape index (κ3) is 2.41. The number of nitrogens with zero attached hydrogens (tertiary/aromatic N) is 1. The SMILES string of the molecule is C/C=C/CC1CCCN1c1ccccc1. The molecule has 0 bridgehead atoms. The minimum atomic E-state index is 0.712. The number of hydrogen-bond acceptors (Lipinski definition) is 1. The van der Waals surface area contributed by atoms with E-state index < -0.39 is 0 Å². The van der Waals surface area contributed by atoms with E-state index in [-0.39, 0.29) is 0 Å². The lowest BCUT2D eigenvalue weighted by atomic mass is 10.1. The van der Waals surface area contributed by atoms with Crippen molar-refractivity contribution in [3.05, 3.63) is 42.5 Å². The molecular weight excluding hydrogens is 182 g/mol. The van der Waals surface area contributed by atoms with Gasteiger partial charge in [-0.3, -0.25) is 0 Å². The van der Waals surface area contributed by atoms with Crippen LogP contribution in [0.25, 0.3) is 0 Å². The average molecular weight is 201 g/mol. The molecule has 1 unspecified atom stereocenters. The highest BCUT2D eigenvalue weighted by atomic mass is 15.2. The Labute approximate surface area is 92.4 Å². The molecule has 1 heteroatoms. The zero-order chi connectivity index (χ0) is 10.5. The predicted molar refractivity (Wildman–Crippen MR) is 66.2 cm³/mol. The molecule has 0 aliphatic carbocycles. The lowest BCUT2D eigenvalue weighted by molar-refractivity contribution is 0.677. The molecule has 1 nitrogen and oxygen atoms in total. The van der Waals surface area contributed by atoms with Gasteiger partial charge in [-0.25, -0.2) is 0 Å². The zero-order valence-electron chi connectivity index (χ0n) is 9.39. The average Bonchev–Trinajstić information content (AvgIpc) is 2.75. The highest BCUT2D eigenvalue weighted by Crippen LogP contribution is 2.27. The van der Waals surface area contributed by atoms with E-state index in [4.69, 9.17) is 0 Å². The van der Waals surface area contributed by atoms with E-state index in [9.17, 15) is 0 Å². The van der Waals surface area contributed by atoms with Crippen molar-refractivity contribution in [1.29, 1.82) is 0 Å². The summed E-state index contributed by atoms with van der Waals surface area (Å²) in [5, 5.41) is 0. The molecule has 1 heterocycles. The van der Waals surface area contributed by atoms with Gasteiger partial charge in [0.25, 0.3) is 0 Å². The normalized spacial score (nSPS) is 21.4. The van der Waals surface area contributed by atoms with Crippen molar-refractivity contribution < 1.29 is 0 Å². The van der Waals surface area contributed by atoms with Crippen LogP contribution in [0.15, 0.2) is 42.5 Å². The molecule has 0 amide bonds. The molecular formula is C14H19N. The van der Waals surface area contributed by atoms with Crippen molar-refractivity contribution in [3.8, 4) is 0 Å². The molecule has 1 atom stereocenters. The first-order chi connectivity index (χ1) is 7.42. The Balaban J connectivity index is 2.08. The number of anilines is 1. The van der Waals surface area contributed by atoms with Gasteiger partial charge in [0.2, 0.25) is 0 Å². The summed E-state index contributed by atoms with van der Waals surface area (Å²) in [5.74, 6) is 0. The Bertz CT molecular complexity index is 315. The molecule has 1 saturated heterocycles. The molecule has 15 heavy (non-hydrogen) atoms. The first kappa shape index (κ1) is 10.3. The lowest BCUT2D eigenvalue weighted by Crippen LogP contribution is -2.28. The van der Waals surface area contributed by atoms with Crippen LogP contribution in [0.3, 0.4) is 0 Å². The van der Waals surface area contributed by atoms with E-state index in [1.807, 2.05) is 0 Å². The second kappa shape index (κ2) is 5.01. The van der Waals surface area contributed by atoms with Crippen LogP contribution in [0.1, 0.15) is 26.2 Å². The van der Waals surface area contributed by atoms with Gasteiger partial charge in [0.1, 0.15) is 0 Å². The van der Waals surface area contributed by atoms with Crippen LogP contribution in [0, 0.1) is 0 Å². The summed E-state index contributed by atoms with van der Waals surface area (Å²) in [5.41, 5.74) is 1.38. The number of rotatable bonds is 3. The summed E-state index contributed by atoms with van der Waals surface area (Å²) in [6.45, 7) is 3.31. The van der Waals surface area contributed by atoms with E-state index in [0.29, 0.717) is 6.04 Å². The minimum Gasteiger partial charge on any atom is -0.368 e. The molecule has 0 radical (unpaired) electrons. The first-order valence-electron chi connectivity index (χ1n) is 5.84. The van der Waals surface area contributed by atoms with Gasteiger partial charge in [0.15, 0.2) is 0 Å². The zero-order valence-corrected chi connectivity index (χ0v) is 9.39. The Hall–Kier alpha value is -1.24. The van der Waals surface area contributed by atoms with E-state index in [2.05, 4.69) is 54.3 Å². The van der Waals surface area contributed by atoms with Gasteiger partial charge in [0.05, 0.1) is 0 Å². The van der Waals surface area contributed by atoms with Gasteiger partial charge in [0, 0.05) is 18.3 Å². The van der Waals surface area contributed by atoms with E-state index in [0.717, 1.165) is 0 Å². The Morgan fingerprint density at radius 3 is 2.87 bits per heavy atom. The maximum absolute atomic E-state index is 2.54. The van der Waals surface area contributed by atoms with Crippen LogP contribution in [0.2, 0.25) is 0 Å². The van der Waals surface area contributed by atoms with Crippen LogP contribution < -0.4 is 4.90 Å². The van der Waals surface area contributed by atoms with Gasteiger partial charge in [-0.1, -0.05) is 30.4 Å². The lowest BCUT2D eigenvalue weighted by Gasteiger charge is -2.25. The fraction of sp³-hybridized carbons (Fsp3) is 0.429. The van der Waals surface area contributed by atoms with E-state index >= 15 is 0 Å². The fourth-order valence-corrected chi connectivity index (χ4v) is 2.33. The van der Waals surface area contributed by atoms with E-state index in [1.54, 1.807) is 0 Å². The molecule has 0 saturated carbocycles. The predicted octanol–water partition coefficient (Wildman–Crippen LogP) is 3.62. The second-order valence-corrected chi connectivity index (χ2v) is 4.13. The van der Waals surface area contributed by atoms with Crippen LogP contribution in [0.5, 0.6) is 0 Å². The number of benzene rings is 1. The molecule has 1 aliphatic heterocycles. The van der Waals surface area contributed by atoms with Gasteiger partial charge in [-0.2, -0.15) is 0 Å². The van der Waals surface area contributed by atoms with Gasteiger partial charge in [-0.15, -0.1) is 0 Å². The third-order valence-corrected chi connectivity index (χ3v) is 3.11. The number of para-hydroxylation sites is 1. The number of allylic oxidation sites excluding steroid dienone is 1. The largest absolute Gasteiger partial charge is 0.368 e. The van der Waals surface area contributed by atoms with Crippen molar-refractivity contribution >= 4 is 5.69 Å². The van der Waals surface area contributed by atoms with Crippen LogP contribution >= 0.6 is 0 Å². The molecule has 1 aromatic carbocycles. The molecule has 0 spiro atoms. The highest BCUT2D eigenvalue weighted by molar-refractivity contribution is 5.48. The molecule has 0 aromatic heterocycles. The summed E-state index contributed by atoms with van der Waals surface area (Å²) in [6.07, 6.45) is 8.29. The maximum Gasteiger partial charge on any atom is 0.0368 e. The monoisotopic (exact) mass is 201 g/mol. The molecule has 2 rings (SSSR count). The summed E-state index contributed by atoms with van der Waals surface area (Å²) >= 11 is 0. The quantitative estimate of drug-likeness (QED) is 0.675. The second-order valence-electron chi connectivity index (χ2n) is 4.13. The summed E-state index contributed by atoms with van der Waals surface area (Å²) in [7, 11) is 0. The Kier molecular flexibility index (Phi) is 3.44. The van der Waals surface area contributed by atoms with Crippen molar-refractivity contribution in [2.24, 2.45) is 0 Å². The molecule has 1 aliphatic rings. The third-order valence-electron chi connectivity index (χ3n) is 3.11. The van der Waals surface area contributed by atoms with Crippen molar-refractivity contribution in [2.45, 2.75) is 32.2 Å². The topological polar surface area (TPSA) is 3.24 Å². The van der Waals surface area contributed by atoms with Crippen molar-refractivity contribution in [1.82, 2.24) is 0 Å². The molecule has 80 valence electrons. The summed E-state index contributed by atoms with van der Waals surface area (Å²) in [4.78, 5) is 2.54. The van der Waals surface area contributed by atoms with Gasteiger partial charge >= 0.3 is 0 Å². The molecule has 1 fully saturated rings. The van der Waals surface area contributed by atoms with Crippen molar-refractivity contribution in [2.75, 3.05) is 11.4 Å². The molecule has 0 N–H and O–H groups in total. The highest BCUT2D eigenvalue weighted by Gasteiger charge is 2.22. The Morgan fingerprint density at radius 2 is 2.13 bits per heavy atom.